The molecule has 0 radical (unpaired) electrons. The van der Waals surface area contributed by atoms with Crippen molar-refractivity contribution in [2.75, 3.05) is 6.54 Å². The average Bonchev–Trinajstić information content (AvgIpc) is 2.38. The number of rotatable bonds is 7. The van der Waals surface area contributed by atoms with Crippen molar-refractivity contribution in [1.29, 1.82) is 0 Å². The van der Waals surface area contributed by atoms with E-state index in [1.54, 1.807) is 0 Å². The van der Waals surface area contributed by atoms with Crippen LogP contribution in [0.2, 0.25) is 0 Å². The van der Waals surface area contributed by atoms with Gasteiger partial charge in [-0.15, -0.1) is 0 Å². The van der Waals surface area contributed by atoms with E-state index in [1.165, 1.54) is 0 Å². The molecule has 0 atom stereocenters. The van der Waals surface area contributed by atoms with Gasteiger partial charge in [0.1, 0.15) is 6.61 Å². The first-order valence-corrected chi connectivity index (χ1v) is 6.18. The molecular weight excluding hydrogens is 230 g/mol. The molecule has 1 amide bonds. The Bertz CT molecular complexity index is 376. The molecular formula is C14H19NO3. The number of carbonyl (C=O) groups excluding carboxylic acids is 2. The van der Waals surface area contributed by atoms with Crippen LogP contribution in [0.3, 0.4) is 0 Å². The Balaban J connectivity index is 2.13. The Labute approximate surface area is 107 Å². The molecule has 4 heteroatoms. The van der Waals surface area contributed by atoms with Crippen LogP contribution in [-0.2, 0) is 20.9 Å². The van der Waals surface area contributed by atoms with E-state index < -0.39 is 0 Å². The standard InChI is InChI=1S/C14H19NO3/c1-2-15-13(16)9-6-10-14(17)18-11-12-7-4-3-5-8-12/h3-5,7-8H,2,6,9-11H2,1H3,(H,15,16). The number of ether oxygens (including phenoxy) is 1. The van der Waals surface area contributed by atoms with E-state index >= 15 is 0 Å². The van der Waals surface area contributed by atoms with Crippen LogP contribution in [0.5, 0.6) is 0 Å². The highest BCUT2D eigenvalue weighted by atomic mass is 16.5. The van der Waals surface area contributed by atoms with Crippen LogP contribution in [0.15, 0.2) is 30.3 Å². The molecule has 18 heavy (non-hydrogen) atoms. The monoisotopic (exact) mass is 249 g/mol. The minimum atomic E-state index is -0.261. The van der Waals surface area contributed by atoms with Gasteiger partial charge in [-0.3, -0.25) is 9.59 Å². The molecule has 0 fully saturated rings. The summed E-state index contributed by atoms with van der Waals surface area (Å²) >= 11 is 0. The topological polar surface area (TPSA) is 55.4 Å². The van der Waals surface area contributed by atoms with Crippen molar-refractivity contribution in [3.8, 4) is 0 Å². The third-order valence-electron chi connectivity index (χ3n) is 2.40. The summed E-state index contributed by atoms with van der Waals surface area (Å²) in [5, 5.41) is 2.69. The summed E-state index contributed by atoms with van der Waals surface area (Å²) in [6, 6.07) is 9.53. The summed E-state index contributed by atoms with van der Waals surface area (Å²) in [5.74, 6) is -0.281. The summed E-state index contributed by atoms with van der Waals surface area (Å²) in [6.45, 7) is 2.78. The first-order valence-electron chi connectivity index (χ1n) is 6.18. The predicted molar refractivity (Wildman–Crippen MR) is 68.8 cm³/mol. The average molecular weight is 249 g/mol. The third-order valence-corrected chi connectivity index (χ3v) is 2.40. The Morgan fingerprint density at radius 2 is 1.89 bits per heavy atom. The summed E-state index contributed by atoms with van der Waals surface area (Å²) in [6.07, 6.45) is 1.18. The van der Waals surface area contributed by atoms with Gasteiger partial charge in [0, 0.05) is 19.4 Å². The summed E-state index contributed by atoms with van der Waals surface area (Å²) < 4.78 is 5.10. The van der Waals surface area contributed by atoms with Gasteiger partial charge in [0.15, 0.2) is 0 Å². The van der Waals surface area contributed by atoms with Gasteiger partial charge >= 0.3 is 5.97 Å². The molecule has 1 N–H and O–H groups in total. The van der Waals surface area contributed by atoms with Gasteiger partial charge < -0.3 is 10.1 Å². The predicted octanol–water partition coefficient (Wildman–Crippen LogP) is 2.04. The maximum Gasteiger partial charge on any atom is 0.306 e. The Kier molecular flexibility index (Phi) is 6.54. The van der Waals surface area contributed by atoms with E-state index in [-0.39, 0.29) is 18.3 Å². The van der Waals surface area contributed by atoms with Crippen LogP contribution < -0.4 is 5.32 Å². The minimum absolute atomic E-state index is 0.0200. The van der Waals surface area contributed by atoms with Crippen LogP contribution in [-0.4, -0.2) is 18.4 Å². The molecule has 0 bridgehead atoms. The lowest BCUT2D eigenvalue weighted by atomic mass is 10.2. The van der Waals surface area contributed by atoms with E-state index in [4.69, 9.17) is 4.74 Å². The fourth-order valence-corrected chi connectivity index (χ4v) is 1.49. The molecule has 0 aliphatic rings. The van der Waals surface area contributed by atoms with Gasteiger partial charge in [-0.05, 0) is 18.9 Å². The van der Waals surface area contributed by atoms with E-state index in [1.807, 2.05) is 37.3 Å². The van der Waals surface area contributed by atoms with Gasteiger partial charge in [0.2, 0.25) is 5.91 Å². The van der Waals surface area contributed by atoms with E-state index in [2.05, 4.69) is 5.32 Å². The number of benzene rings is 1. The van der Waals surface area contributed by atoms with Gasteiger partial charge in [0.05, 0.1) is 0 Å². The number of esters is 1. The molecule has 0 aliphatic heterocycles. The molecule has 4 nitrogen and oxygen atoms in total. The number of carbonyl (C=O) groups is 2. The molecule has 0 saturated carbocycles. The lowest BCUT2D eigenvalue weighted by molar-refractivity contribution is -0.145. The number of nitrogens with one attached hydrogen (secondary N) is 1. The van der Waals surface area contributed by atoms with Gasteiger partial charge in [0.25, 0.3) is 0 Å². The maximum absolute atomic E-state index is 11.4. The fraction of sp³-hybridized carbons (Fsp3) is 0.429. The Morgan fingerprint density at radius 3 is 2.56 bits per heavy atom. The number of amides is 1. The lowest BCUT2D eigenvalue weighted by Gasteiger charge is -2.05. The van der Waals surface area contributed by atoms with Crippen molar-refractivity contribution in [1.82, 2.24) is 5.32 Å². The van der Waals surface area contributed by atoms with Gasteiger partial charge in [-0.25, -0.2) is 0 Å². The molecule has 1 rings (SSSR count). The molecule has 0 spiro atoms. The number of hydrogen-bond acceptors (Lipinski definition) is 3. The fourth-order valence-electron chi connectivity index (χ4n) is 1.49. The van der Waals surface area contributed by atoms with Gasteiger partial charge in [-0.1, -0.05) is 30.3 Å². The largest absolute Gasteiger partial charge is 0.461 e. The summed E-state index contributed by atoms with van der Waals surface area (Å²) in [5.41, 5.74) is 0.967. The normalized spacial score (nSPS) is 9.83. The molecule has 98 valence electrons. The van der Waals surface area contributed by atoms with Crippen LogP contribution >= 0.6 is 0 Å². The second-order valence-corrected chi connectivity index (χ2v) is 3.95. The smallest absolute Gasteiger partial charge is 0.306 e. The maximum atomic E-state index is 11.4. The van der Waals surface area contributed by atoms with E-state index in [0.29, 0.717) is 26.0 Å². The highest BCUT2D eigenvalue weighted by molar-refractivity contribution is 5.76. The van der Waals surface area contributed by atoms with Crippen molar-refractivity contribution in [2.45, 2.75) is 32.8 Å². The molecule has 0 heterocycles. The van der Waals surface area contributed by atoms with Crippen LogP contribution in [0.1, 0.15) is 31.7 Å². The SMILES string of the molecule is CCNC(=O)CCCC(=O)OCc1ccccc1. The zero-order valence-corrected chi connectivity index (χ0v) is 10.6. The molecule has 1 aromatic carbocycles. The molecule has 1 aromatic rings. The first-order chi connectivity index (χ1) is 8.72. The highest BCUT2D eigenvalue weighted by Gasteiger charge is 2.05. The van der Waals surface area contributed by atoms with E-state index in [0.717, 1.165) is 5.56 Å². The molecule has 0 aliphatic carbocycles. The molecule has 0 unspecified atom stereocenters. The zero-order valence-electron chi connectivity index (χ0n) is 10.6. The van der Waals surface area contributed by atoms with Crippen molar-refractivity contribution in [2.24, 2.45) is 0 Å². The Hall–Kier alpha value is -1.84. The first kappa shape index (κ1) is 14.2. The minimum Gasteiger partial charge on any atom is -0.461 e. The molecule has 0 saturated heterocycles. The van der Waals surface area contributed by atoms with E-state index in [9.17, 15) is 9.59 Å². The quantitative estimate of drug-likeness (QED) is 0.752. The summed E-state index contributed by atoms with van der Waals surface area (Å²) in [4.78, 5) is 22.5. The van der Waals surface area contributed by atoms with Crippen molar-refractivity contribution in [3.63, 3.8) is 0 Å². The summed E-state index contributed by atoms with van der Waals surface area (Å²) in [7, 11) is 0. The van der Waals surface area contributed by atoms with Gasteiger partial charge in [-0.2, -0.15) is 0 Å². The van der Waals surface area contributed by atoms with Crippen molar-refractivity contribution in [3.05, 3.63) is 35.9 Å². The molecule has 0 aromatic heterocycles. The highest BCUT2D eigenvalue weighted by Crippen LogP contribution is 2.03. The number of hydrogen-bond donors (Lipinski definition) is 1. The van der Waals surface area contributed by atoms with Crippen LogP contribution in [0, 0.1) is 0 Å². The lowest BCUT2D eigenvalue weighted by Crippen LogP contribution is -2.22. The van der Waals surface area contributed by atoms with Crippen LogP contribution in [0.4, 0.5) is 0 Å². The second kappa shape index (κ2) is 8.28. The van der Waals surface area contributed by atoms with Crippen LogP contribution in [0.25, 0.3) is 0 Å². The van der Waals surface area contributed by atoms with Crippen molar-refractivity contribution < 1.29 is 14.3 Å². The third kappa shape index (κ3) is 6.03. The van der Waals surface area contributed by atoms with Crippen molar-refractivity contribution >= 4 is 11.9 Å². The Morgan fingerprint density at radius 1 is 1.17 bits per heavy atom. The second-order valence-electron chi connectivity index (χ2n) is 3.95. The zero-order chi connectivity index (χ0) is 13.2.